The number of rotatable bonds is 4. The maximum atomic E-state index is 12.2. The first kappa shape index (κ1) is 19.2. The van der Waals surface area contributed by atoms with Gasteiger partial charge in [-0.2, -0.15) is 13.5 Å². The van der Waals surface area contributed by atoms with Crippen molar-refractivity contribution in [1.29, 1.82) is 0 Å². The Kier molecular flexibility index (Phi) is 5.72. The number of hydrogen-bond donors (Lipinski definition) is 1. The second kappa shape index (κ2) is 7.43. The summed E-state index contributed by atoms with van der Waals surface area (Å²) in [6.07, 6.45) is 2.57. The Morgan fingerprint density at radius 1 is 1.32 bits per heavy atom. The van der Waals surface area contributed by atoms with Crippen molar-refractivity contribution in [1.82, 2.24) is 9.73 Å². The lowest BCUT2D eigenvalue weighted by atomic mass is 10.2. The highest BCUT2D eigenvalue weighted by Crippen LogP contribution is 2.19. The molecule has 0 spiro atoms. The lowest BCUT2D eigenvalue weighted by Gasteiger charge is -2.26. The van der Waals surface area contributed by atoms with E-state index in [0.29, 0.717) is 6.54 Å². The molecule has 1 aromatic carbocycles. The van der Waals surface area contributed by atoms with Crippen molar-refractivity contribution >= 4 is 22.3 Å². The highest BCUT2D eigenvalue weighted by Gasteiger charge is 2.31. The van der Waals surface area contributed by atoms with Crippen molar-refractivity contribution in [3.63, 3.8) is 0 Å². The van der Waals surface area contributed by atoms with Crippen LogP contribution in [0.1, 0.15) is 39.2 Å². The molecule has 2 rings (SSSR count). The van der Waals surface area contributed by atoms with E-state index in [1.807, 2.05) is 6.92 Å². The first-order valence-electron chi connectivity index (χ1n) is 8.20. The third kappa shape index (κ3) is 5.45. The maximum Gasteiger partial charge on any atom is 0.410 e. The SMILES string of the molecule is Cc1ccc(S(=O)(=O)N/N=C/C2CCCN2C(=O)OC(C)(C)C)cc1. The number of sulfonamides is 1. The zero-order chi connectivity index (χ0) is 18.7. The number of carbonyl (C=O) groups is 1. The average molecular weight is 367 g/mol. The summed E-state index contributed by atoms with van der Waals surface area (Å²) in [5, 5.41) is 3.84. The van der Waals surface area contributed by atoms with Crippen LogP contribution in [0.2, 0.25) is 0 Å². The maximum absolute atomic E-state index is 12.2. The summed E-state index contributed by atoms with van der Waals surface area (Å²) in [4.78, 5) is 16.1. The monoisotopic (exact) mass is 367 g/mol. The van der Waals surface area contributed by atoms with Crippen molar-refractivity contribution in [2.45, 2.75) is 57.1 Å². The van der Waals surface area contributed by atoms with Gasteiger partial charge in [-0.25, -0.2) is 9.63 Å². The van der Waals surface area contributed by atoms with E-state index in [9.17, 15) is 13.2 Å². The van der Waals surface area contributed by atoms with E-state index in [4.69, 9.17) is 4.74 Å². The van der Waals surface area contributed by atoms with Crippen LogP contribution in [0.3, 0.4) is 0 Å². The molecule has 1 N–H and O–H groups in total. The number of nitrogens with zero attached hydrogens (tertiary/aromatic N) is 2. The summed E-state index contributed by atoms with van der Waals surface area (Å²) in [5.41, 5.74) is 0.399. The van der Waals surface area contributed by atoms with Crippen LogP contribution in [0.25, 0.3) is 0 Å². The van der Waals surface area contributed by atoms with Gasteiger partial charge in [-0.1, -0.05) is 17.7 Å². The second-order valence-corrected chi connectivity index (χ2v) is 8.73. The largest absolute Gasteiger partial charge is 0.444 e. The fourth-order valence-corrected chi connectivity index (χ4v) is 3.25. The number of hydrazone groups is 1. The molecule has 0 bridgehead atoms. The number of benzene rings is 1. The first-order valence-corrected chi connectivity index (χ1v) is 9.68. The van der Waals surface area contributed by atoms with E-state index in [0.717, 1.165) is 18.4 Å². The van der Waals surface area contributed by atoms with Crippen molar-refractivity contribution in [3.05, 3.63) is 29.8 Å². The Bertz CT molecular complexity index is 736. The van der Waals surface area contributed by atoms with E-state index in [1.165, 1.54) is 18.3 Å². The Balaban J connectivity index is 2.00. The first-order chi connectivity index (χ1) is 11.6. The molecule has 1 aliphatic heterocycles. The van der Waals surface area contributed by atoms with Gasteiger partial charge in [0.25, 0.3) is 10.0 Å². The van der Waals surface area contributed by atoms with Crippen LogP contribution in [0.4, 0.5) is 4.79 Å². The summed E-state index contributed by atoms with van der Waals surface area (Å²) in [7, 11) is -3.72. The zero-order valence-electron chi connectivity index (χ0n) is 15.0. The Morgan fingerprint density at radius 2 is 1.96 bits per heavy atom. The Morgan fingerprint density at radius 3 is 2.56 bits per heavy atom. The Hall–Kier alpha value is -2.09. The highest BCUT2D eigenvalue weighted by molar-refractivity contribution is 7.89. The molecule has 1 fully saturated rings. The molecule has 8 heteroatoms. The van der Waals surface area contributed by atoms with Crippen LogP contribution >= 0.6 is 0 Å². The van der Waals surface area contributed by atoms with Gasteiger partial charge in [0.05, 0.1) is 10.9 Å². The van der Waals surface area contributed by atoms with E-state index >= 15 is 0 Å². The minimum absolute atomic E-state index is 0.144. The second-order valence-electron chi connectivity index (χ2n) is 7.07. The quantitative estimate of drug-likeness (QED) is 0.654. The average Bonchev–Trinajstić information content (AvgIpc) is 2.94. The van der Waals surface area contributed by atoms with E-state index in [-0.39, 0.29) is 10.9 Å². The fourth-order valence-electron chi connectivity index (χ4n) is 2.45. The summed E-state index contributed by atoms with van der Waals surface area (Å²) >= 11 is 0. The van der Waals surface area contributed by atoms with E-state index in [2.05, 4.69) is 9.93 Å². The molecule has 0 aromatic heterocycles. The minimum Gasteiger partial charge on any atom is -0.444 e. The van der Waals surface area contributed by atoms with Gasteiger partial charge in [0.2, 0.25) is 0 Å². The number of amides is 1. The Labute approximate surface area is 149 Å². The van der Waals surface area contributed by atoms with Gasteiger partial charge in [-0.05, 0) is 52.7 Å². The zero-order valence-corrected chi connectivity index (χ0v) is 15.8. The molecule has 1 aromatic rings. The van der Waals surface area contributed by atoms with Crippen molar-refractivity contribution < 1.29 is 17.9 Å². The summed E-state index contributed by atoms with van der Waals surface area (Å²) in [6.45, 7) is 7.86. The van der Waals surface area contributed by atoms with Crippen LogP contribution < -0.4 is 4.83 Å². The summed E-state index contributed by atoms with van der Waals surface area (Å²) in [6, 6.07) is 6.21. The molecule has 0 radical (unpaired) electrons. The number of nitrogens with one attached hydrogen (secondary N) is 1. The van der Waals surface area contributed by atoms with Crippen LogP contribution in [0.5, 0.6) is 0 Å². The molecule has 1 atom stereocenters. The number of aryl methyl sites for hydroxylation is 1. The van der Waals surface area contributed by atoms with Crippen molar-refractivity contribution in [2.75, 3.05) is 6.54 Å². The molecule has 0 saturated carbocycles. The highest BCUT2D eigenvalue weighted by atomic mass is 32.2. The topological polar surface area (TPSA) is 88.1 Å². The fraction of sp³-hybridized carbons (Fsp3) is 0.529. The van der Waals surface area contributed by atoms with E-state index < -0.39 is 21.7 Å². The predicted octanol–water partition coefficient (Wildman–Crippen LogP) is 2.66. The van der Waals surface area contributed by atoms with Gasteiger partial charge in [0.15, 0.2) is 0 Å². The molecule has 1 unspecified atom stereocenters. The van der Waals surface area contributed by atoms with Crippen LogP contribution in [0, 0.1) is 6.92 Å². The van der Waals surface area contributed by atoms with Gasteiger partial charge < -0.3 is 9.64 Å². The van der Waals surface area contributed by atoms with E-state index in [1.54, 1.807) is 37.8 Å². The molecule has 1 saturated heterocycles. The summed E-state index contributed by atoms with van der Waals surface area (Å²) < 4.78 is 29.7. The van der Waals surface area contributed by atoms with Crippen molar-refractivity contribution in [2.24, 2.45) is 5.10 Å². The smallest absolute Gasteiger partial charge is 0.410 e. The van der Waals surface area contributed by atoms with Gasteiger partial charge in [0.1, 0.15) is 5.60 Å². The molecule has 25 heavy (non-hydrogen) atoms. The normalized spacial score (nSPS) is 18.6. The molecule has 1 heterocycles. The number of ether oxygens (including phenoxy) is 1. The molecule has 1 aliphatic rings. The van der Waals surface area contributed by atoms with Gasteiger partial charge in [0, 0.05) is 12.8 Å². The van der Waals surface area contributed by atoms with Crippen LogP contribution in [-0.2, 0) is 14.8 Å². The van der Waals surface area contributed by atoms with Gasteiger partial charge in [-0.3, -0.25) is 0 Å². The molecular weight excluding hydrogens is 342 g/mol. The number of hydrogen-bond acceptors (Lipinski definition) is 5. The van der Waals surface area contributed by atoms with Crippen LogP contribution in [-0.4, -0.2) is 43.8 Å². The molecule has 0 aliphatic carbocycles. The number of carbonyl (C=O) groups excluding carboxylic acids is 1. The standard InChI is InChI=1S/C17H25N3O4S/c1-13-7-9-15(10-8-13)25(22,23)19-18-12-14-6-5-11-20(14)16(21)24-17(2,3)4/h7-10,12,14,19H,5-6,11H2,1-4H3/b18-12+. The third-order valence-electron chi connectivity index (χ3n) is 3.68. The molecule has 138 valence electrons. The lowest BCUT2D eigenvalue weighted by molar-refractivity contribution is 0.0268. The molecule has 1 amide bonds. The molecule has 7 nitrogen and oxygen atoms in total. The minimum atomic E-state index is -3.72. The molecular formula is C17H25N3O4S. The van der Waals surface area contributed by atoms with Crippen LogP contribution in [0.15, 0.2) is 34.3 Å². The lowest BCUT2D eigenvalue weighted by Crippen LogP contribution is -2.40. The van der Waals surface area contributed by atoms with Gasteiger partial charge in [-0.15, -0.1) is 0 Å². The van der Waals surface area contributed by atoms with Crippen molar-refractivity contribution in [3.8, 4) is 0 Å². The third-order valence-corrected chi connectivity index (χ3v) is 4.92. The predicted molar refractivity (Wildman–Crippen MR) is 96.0 cm³/mol. The summed E-state index contributed by atoms with van der Waals surface area (Å²) in [5.74, 6) is 0. The number of likely N-dealkylation sites (tertiary alicyclic amines) is 1. The van der Waals surface area contributed by atoms with Gasteiger partial charge >= 0.3 is 6.09 Å².